The molecule has 1 fully saturated rings. The van der Waals surface area contributed by atoms with Crippen LogP contribution < -0.4 is 11.4 Å². The van der Waals surface area contributed by atoms with Crippen LogP contribution in [0.1, 0.15) is 25.8 Å². The molecule has 90 valence electrons. The van der Waals surface area contributed by atoms with Crippen molar-refractivity contribution in [2.24, 2.45) is 0 Å². The number of nitrogens with one attached hydrogen (secondary N) is 1. The van der Waals surface area contributed by atoms with Gasteiger partial charge >= 0.3 is 5.69 Å². The lowest BCUT2D eigenvalue weighted by Gasteiger charge is -2.41. The lowest BCUT2D eigenvalue weighted by Crippen LogP contribution is -2.44. The Balaban J connectivity index is 2.14. The molecule has 1 aliphatic carbocycles. The van der Waals surface area contributed by atoms with Crippen LogP contribution in [0.5, 0.6) is 0 Å². The van der Waals surface area contributed by atoms with E-state index in [0.717, 1.165) is 0 Å². The van der Waals surface area contributed by atoms with E-state index in [1.165, 1.54) is 6.33 Å². The van der Waals surface area contributed by atoms with Crippen LogP contribution in [-0.4, -0.2) is 30.2 Å². The minimum Gasteiger partial charge on any atom is -0.390 e. The maximum Gasteiger partial charge on any atom is 0.328 e. The maximum absolute atomic E-state index is 11.8. The molecule has 7 heteroatoms. The average molecular weight is 235 g/mol. The van der Waals surface area contributed by atoms with Crippen molar-refractivity contribution >= 4 is 17.0 Å². The Morgan fingerprint density at radius 3 is 2.94 bits per heavy atom. The highest BCUT2D eigenvalue weighted by Crippen LogP contribution is 2.41. The van der Waals surface area contributed by atoms with Gasteiger partial charge in [-0.15, -0.1) is 0 Å². The number of nitrogens with zero attached hydrogens (tertiary/aromatic N) is 3. The van der Waals surface area contributed by atoms with Crippen LogP contribution in [0.25, 0.3) is 11.2 Å². The molecule has 1 saturated carbocycles. The highest BCUT2D eigenvalue weighted by Gasteiger charge is 2.41. The molecule has 3 rings (SSSR count). The first-order chi connectivity index (χ1) is 7.98. The van der Waals surface area contributed by atoms with Crippen molar-refractivity contribution in [1.29, 1.82) is 0 Å². The van der Waals surface area contributed by atoms with E-state index in [1.54, 1.807) is 11.5 Å². The molecule has 0 bridgehead atoms. The van der Waals surface area contributed by atoms with Gasteiger partial charge in [0, 0.05) is 6.04 Å². The number of hydrogen-bond donors (Lipinski definition) is 3. The summed E-state index contributed by atoms with van der Waals surface area (Å²) in [4.78, 5) is 22.4. The van der Waals surface area contributed by atoms with Gasteiger partial charge in [0.25, 0.3) is 0 Å². The molecule has 2 heterocycles. The first-order valence-corrected chi connectivity index (χ1v) is 5.41. The normalized spacial score (nSPS) is 28.2. The first kappa shape index (κ1) is 10.3. The molecule has 7 nitrogen and oxygen atoms in total. The highest BCUT2D eigenvalue weighted by molar-refractivity contribution is 5.81. The second kappa shape index (κ2) is 3.07. The molecule has 0 unspecified atom stereocenters. The third kappa shape index (κ3) is 1.42. The summed E-state index contributed by atoms with van der Waals surface area (Å²) in [6.07, 6.45) is 2.42. The molecule has 0 spiro atoms. The largest absolute Gasteiger partial charge is 0.390 e. The molecule has 0 atom stereocenters. The molecule has 0 aliphatic heterocycles. The third-order valence-corrected chi connectivity index (χ3v) is 3.25. The van der Waals surface area contributed by atoms with Crippen molar-refractivity contribution in [2.45, 2.75) is 31.4 Å². The second-order valence-electron chi connectivity index (χ2n) is 4.82. The molecule has 4 N–H and O–H groups in total. The van der Waals surface area contributed by atoms with Crippen molar-refractivity contribution in [3.63, 3.8) is 0 Å². The number of imidazole rings is 1. The fraction of sp³-hybridized carbons (Fsp3) is 0.500. The monoisotopic (exact) mass is 235 g/mol. The Labute approximate surface area is 96.3 Å². The molecule has 0 amide bonds. The molecule has 0 saturated heterocycles. The lowest BCUT2D eigenvalue weighted by atomic mass is 9.77. The minimum atomic E-state index is -0.688. The molecular weight excluding hydrogens is 222 g/mol. The Kier molecular flexibility index (Phi) is 1.86. The van der Waals surface area contributed by atoms with E-state index in [4.69, 9.17) is 5.73 Å². The van der Waals surface area contributed by atoms with Gasteiger partial charge in [-0.2, -0.15) is 0 Å². The number of anilines is 1. The zero-order valence-electron chi connectivity index (χ0n) is 9.34. The van der Waals surface area contributed by atoms with Crippen LogP contribution in [0, 0.1) is 0 Å². The number of H-pyrrole nitrogens is 1. The standard InChI is InChI=1S/C10H13N5O2/c1-10(17)2-5(3-10)15-8-6(14-9(15)16)7(11)12-4-13-8/h4-5,17H,2-3H2,1H3,(H,14,16)(H2,11,12,13). The molecule has 0 aromatic carbocycles. The Bertz CT molecular complexity index is 634. The quantitative estimate of drug-likeness (QED) is 0.633. The molecule has 17 heavy (non-hydrogen) atoms. The van der Waals surface area contributed by atoms with E-state index in [2.05, 4.69) is 15.0 Å². The maximum atomic E-state index is 11.8. The zero-order valence-corrected chi connectivity index (χ0v) is 9.34. The minimum absolute atomic E-state index is 0.0273. The number of aliphatic hydroxyl groups is 1. The van der Waals surface area contributed by atoms with Gasteiger partial charge < -0.3 is 15.8 Å². The van der Waals surface area contributed by atoms with Gasteiger partial charge in [0.05, 0.1) is 5.60 Å². The number of rotatable bonds is 1. The fourth-order valence-corrected chi connectivity index (χ4v) is 2.43. The predicted octanol–water partition coefficient (Wildman–Crippen LogP) is -0.212. The summed E-state index contributed by atoms with van der Waals surface area (Å²) in [6.45, 7) is 1.76. The summed E-state index contributed by atoms with van der Waals surface area (Å²) in [6, 6.07) is -0.0273. The lowest BCUT2D eigenvalue weighted by molar-refractivity contribution is -0.0507. The van der Waals surface area contributed by atoms with E-state index in [-0.39, 0.29) is 17.5 Å². The Hall–Kier alpha value is -1.89. The van der Waals surface area contributed by atoms with Gasteiger partial charge in [-0.1, -0.05) is 0 Å². The smallest absolute Gasteiger partial charge is 0.328 e. The number of fused-ring (bicyclic) bond motifs is 1. The number of aromatic nitrogens is 4. The summed E-state index contributed by atoms with van der Waals surface area (Å²) in [7, 11) is 0. The van der Waals surface area contributed by atoms with Crippen LogP contribution in [0.2, 0.25) is 0 Å². The van der Waals surface area contributed by atoms with E-state index >= 15 is 0 Å². The molecule has 0 radical (unpaired) electrons. The summed E-state index contributed by atoms with van der Waals surface area (Å²) < 4.78 is 1.55. The van der Waals surface area contributed by atoms with Gasteiger partial charge in [-0.3, -0.25) is 4.57 Å². The van der Waals surface area contributed by atoms with Crippen molar-refractivity contribution in [1.82, 2.24) is 19.5 Å². The van der Waals surface area contributed by atoms with Crippen LogP contribution in [0.15, 0.2) is 11.1 Å². The van der Waals surface area contributed by atoms with Gasteiger partial charge in [0.2, 0.25) is 0 Å². The average Bonchev–Trinajstić information content (AvgIpc) is 2.52. The third-order valence-electron chi connectivity index (χ3n) is 3.25. The molecule has 2 aromatic rings. The van der Waals surface area contributed by atoms with Gasteiger partial charge in [0.15, 0.2) is 11.5 Å². The van der Waals surface area contributed by atoms with Gasteiger partial charge in [-0.05, 0) is 19.8 Å². The molecular formula is C10H13N5O2. The van der Waals surface area contributed by atoms with Crippen LogP contribution in [0.4, 0.5) is 5.82 Å². The van der Waals surface area contributed by atoms with Crippen LogP contribution in [-0.2, 0) is 0 Å². The van der Waals surface area contributed by atoms with Crippen molar-refractivity contribution in [3.8, 4) is 0 Å². The predicted molar refractivity (Wildman–Crippen MR) is 61.5 cm³/mol. The summed E-state index contributed by atoms with van der Waals surface area (Å²) in [5.74, 6) is 0.261. The van der Waals surface area contributed by atoms with Crippen LogP contribution in [0.3, 0.4) is 0 Å². The van der Waals surface area contributed by atoms with Gasteiger partial charge in [-0.25, -0.2) is 14.8 Å². The summed E-state index contributed by atoms with van der Waals surface area (Å²) >= 11 is 0. The highest BCUT2D eigenvalue weighted by atomic mass is 16.3. The summed E-state index contributed by atoms with van der Waals surface area (Å²) in [5.41, 5.74) is 5.69. The zero-order chi connectivity index (χ0) is 12.2. The molecule has 2 aromatic heterocycles. The van der Waals surface area contributed by atoms with E-state index in [9.17, 15) is 9.90 Å². The van der Waals surface area contributed by atoms with E-state index < -0.39 is 5.60 Å². The Morgan fingerprint density at radius 1 is 1.59 bits per heavy atom. The second-order valence-corrected chi connectivity index (χ2v) is 4.82. The van der Waals surface area contributed by atoms with Crippen molar-refractivity contribution in [2.75, 3.05) is 5.73 Å². The van der Waals surface area contributed by atoms with Crippen LogP contribution >= 0.6 is 0 Å². The molecule has 1 aliphatic rings. The first-order valence-electron chi connectivity index (χ1n) is 5.41. The number of nitrogens with two attached hydrogens (primary N) is 1. The topological polar surface area (TPSA) is 110 Å². The number of aromatic amines is 1. The number of nitrogen functional groups attached to an aromatic ring is 1. The number of hydrogen-bond acceptors (Lipinski definition) is 5. The summed E-state index contributed by atoms with van der Waals surface area (Å²) in [5, 5.41) is 9.72. The van der Waals surface area contributed by atoms with E-state index in [1.807, 2.05) is 0 Å². The van der Waals surface area contributed by atoms with Crippen molar-refractivity contribution < 1.29 is 5.11 Å². The fourth-order valence-electron chi connectivity index (χ4n) is 2.43. The van der Waals surface area contributed by atoms with Gasteiger partial charge in [0.1, 0.15) is 11.8 Å². The Morgan fingerprint density at radius 2 is 2.29 bits per heavy atom. The van der Waals surface area contributed by atoms with E-state index in [0.29, 0.717) is 24.0 Å². The van der Waals surface area contributed by atoms with Crippen molar-refractivity contribution in [3.05, 3.63) is 16.8 Å². The SMILES string of the molecule is CC1(O)CC(n2c(=O)[nH]c3c(N)ncnc32)C1.